The first kappa shape index (κ1) is 26.1. The Bertz CT molecular complexity index is 1390. The van der Waals surface area contributed by atoms with Crippen LogP contribution in [-0.4, -0.2) is 31.7 Å². The molecule has 0 fully saturated rings. The number of nitrogens with one attached hydrogen (secondary N) is 1. The van der Waals surface area contributed by atoms with Crippen LogP contribution in [0.5, 0.6) is 5.75 Å². The van der Waals surface area contributed by atoms with Crippen molar-refractivity contribution in [2.24, 2.45) is 0 Å². The van der Waals surface area contributed by atoms with Crippen molar-refractivity contribution in [1.82, 2.24) is 4.31 Å². The summed E-state index contributed by atoms with van der Waals surface area (Å²) in [7, 11) is -3.86. The van der Waals surface area contributed by atoms with Crippen LogP contribution in [0.15, 0.2) is 114 Å². The molecule has 0 aliphatic heterocycles. The Hall–Kier alpha value is -3.94. The molecular weight excluding hydrogens is 484 g/mol. The average Bonchev–Trinajstić information content (AvgIpc) is 2.92. The minimum atomic E-state index is -3.86. The molecule has 0 aliphatic carbocycles. The number of carbonyl (C=O) groups is 1. The number of ether oxygens (including phenoxy) is 1. The van der Waals surface area contributed by atoms with E-state index in [-0.39, 0.29) is 18.0 Å². The molecule has 0 saturated heterocycles. The van der Waals surface area contributed by atoms with Gasteiger partial charge in [0.1, 0.15) is 12.4 Å². The predicted molar refractivity (Wildman–Crippen MR) is 146 cm³/mol. The zero-order valence-electron chi connectivity index (χ0n) is 20.7. The molecule has 7 heteroatoms. The maximum Gasteiger partial charge on any atom is 0.243 e. The molecule has 0 spiro atoms. The highest BCUT2D eigenvalue weighted by atomic mass is 32.2. The van der Waals surface area contributed by atoms with Crippen LogP contribution >= 0.6 is 0 Å². The molecule has 1 amide bonds. The minimum Gasteiger partial charge on any atom is -0.489 e. The summed E-state index contributed by atoms with van der Waals surface area (Å²) in [4.78, 5) is 13.1. The first-order chi connectivity index (χ1) is 17.9. The van der Waals surface area contributed by atoms with Gasteiger partial charge in [0, 0.05) is 12.2 Å². The van der Waals surface area contributed by atoms with Crippen molar-refractivity contribution in [2.75, 3.05) is 18.4 Å². The van der Waals surface area contributed by atoms with Gasteiger partial charge in [0.05, 0.1) is 11.4 Å². The van der Waals surface area contributed by atoms with Crippen molar-refractivity contribution in [1.29, 1.82) is 0 Å². The van der Waals surface area contributed by atoms with Gasteiger partial charge in [0.25, 0.3) is 0 Å². The van der Waals surface area contributed by atoms with Crippen LogP contribution in [0.2, 0.25) is 0 Å². The molecule has 4 aromatic carbocycles. The van der Waals surface area contributed by atoms with E-state index in [1.807, 2.05) is 67.6 Å². The van der Waals surface area contributed by atoms with E-state index in [9.17, 15) is 13.2 Å². The van der Waals surface area contributed by atoms with E-state index in [0.717, 1.165) is 16.7 Å². The molecule has 0 unspecified atom stereocenters. The van der Waals surface area contributed by atoms with Crippen LogP contribution in [0.3, 0.4) is 0 Å². The van der Waals surface area contributed by atoms with E-state index in [4.69, 9.17) is 4.74 Å². The number of nitrogens with zero attached hydrogens (tertiary/aromatic N) is 1. The standard InChI is InChI=1S/C30H30N2O4S/c1-24-12-18-29(19-13-24)37(34,35)32(21-20-25-8-4-2-5-9-25)22-30(33)31-27-14-16-28(17-15-27)36-23-26-10-6-3-7-11-26/h2-19H,20-23H2,1H3,(H,31,33). The summed E-state index contributed by atoms with van der Waals surface area (Å²) in [6.45, 7) is 2.23. The van der Waals surface area contributed by atoms with Gasteiger partial charge >= 0.3 is 0 Å². The van der Waals surface area contributed by atoms with Gasteiger partial charge in [-0.2, -0.15) is 4.31 Å². The predicted octanol–water partition coefficient (Wildman–Crippen LogP) is 5.45. The largest absolute Gasteiger partial charge is 0.489 e. The Morgan fingerprint density at radius 2 is 1.38 bits per heavy atom. The van der Waals surface area contributed by atoms with Gasteiger partial charge in [-0.05, 0) is 60.9 Å². The van der Waals surface area contributed by atoms with E-state index in [1.165, 1.54) is 4.31 Å². The molecular formula is C30H30N2O4S. The lowest BCUT2D eigenvalue weighted by molar-refractivity contribution is -0.116. The van der Waals surface area contributed by atoms with E-state index in [2.05, 4.69) is 5.32 Å². The number of benzene rings is 4. The van der Waals surface area contributed by atoms with Crippen molar-refractivity contribution in [3.05, 3.63) is 126 Å². The first-order valence-electron chi connectivity index (χ1n) is 12.1. The van der Waals surface area contributed by atoms with Gasteiger partial charge in [-0.15, -0.1) is 0 Å². The molecule has 0 atom stereocenters. The highest BCUT2D eigenvalue weighted by Gasteiger charge is 2.26. The van der Waals surface area contributed by atoms with E-state index < -0.39 is 15.9 Å². The quantitative estimate of drug-likeness (QED) is 0.289. The molecule has 190 valence electrons. The summed E-state index contributed by atoms with van der Waals surface area (Å²) in [5, 5.41) is 2.80. The second-order valence-electron chi connectivity index (χ2n) is 8.73. The Kier molecular flexibility index (Phi) is 8.72. The zero-order valence-corrected chi connectivity index (χ0v) is 21.5. The van der Waals surface area contributed by atoms with Crippen LogP contribution in [-0.2, 0) is 27.8 Å². The van der Waals surface area contributed by atoms with Gasteiger partial charge in [0.15, 0.2) is 0 Å². The third kappa shape index (κ3) is 7.52. The normalized spacial score (nSPS) is 11.3. The van der Waals surface area contributed by atoms with Gasteiger partial charge in [0.2, 0.25) is 15.9 Å². The van der Waals surface area contributed by atoms with Gasteiger partial charge in [-0.3, -0.25) is 4.79 Å². The van der Waals surface area contributed by atoms with Crippen LogP contribution in [0.25, 0.3) is 0 Å². The molecule has 0 aliphatic rings. The number of aryl methyl sites for hydroxylation is 1. The van der Waals surface area contributed by atoms with Crippen molar-refractivity contribution >= 4 is 21.6 Å². The number of hydrogen-bond donors (Lipinski definition) is 1. The summed E-state index contributed by atoms with van der Waals surface area (Å²) >= 11 is 0. The third-order valence-corrected chi connectivity index (χ3v) is 7.72. The second-order valence-corrected chi connectivity index (χ2v) is 10.7. The smallest absolute Gasteiger partial charge is 0.243 e. The molecule has 0 saturated carbocycles. The van der Waals surface area contributed by atoms with Crippen molar-refractivity contribution in [3.8, 4) is 5.75 Å². The topological polar surface area (TPSA) is 75.7 Å². The number of hydrogen-bond acceptors (Lipinski definition) is 4. The summed E-state index contributed by atoms with van der Waals surface area (Å²) < 4.78 is 33.9. The van der Waals surface area contributed by atoms with E-state index in [1.54, 1.807) is 48.5 Å². The van der Waals surface area contributed by atoms with Crippen LogP contribution in [0, 0.1) is 6.92 Å². The summed E-state index contributed by atoms with van der Waals surface area (Å²) in [5.41, 5.74) is 3.58. The highest BCUT2D eigenvalue weighted by Crippen LogP contribution is 2.19. The Balaban J connectivity index is 1.42. The lowest BCUT2D eigenvalue weighted by Crippen LogP contribution is -2.39. The lowest BCUT2D eigenvalue weighted by Gasteiger charge is -2.22. The first-order valence-corrected chi connectivity index (χ1v) is 13.5. The number of carbonyl (C=O) groups excluding carboxylic acids is 1. The molecule has 0 bridgehead atoms. The van der Waals surface area contributed by atoms with Crippen molar-refractivity contribution in [3.63, 3.8) is 0 Å². The highest BCUT2D eigenvalue weighted by molar-refractivity contribution is 7.89. The van der Waals surface area contributed by atoms with Gasteiger partial charge in [-0.25, -0.2) is 8.42 Å². The Morgan fingerprint density at radius 1 is 0.784 bits per heavy atom. The van der Waals surface area contributed by atoms with Crippen molar-refractivity contribution < 1.29 is 17.9 Å². The number of anilines is 1. The summed E-state index contributed by atoms with van der Waals surface area (Å²) in [5.74, 6) is 0.259. The maximum atomic E-state index is 13.4. The van der Waals surface area contributed by atoms with Crippen molar-refractivity contribution in [2.45, 2.75) is 24.8 Å². The SMILES string of the molecule is Cc1ccc(S(=O)(=O)N(CCc2ccccc2)CC(=O)Nc2ccc(OCc3ccccc3)cc2)cc1. The summed E-state index contributed by atoms with van der Waals surface area (Å²) in [6, 6.07) is 33.1. The average molecular weight is 515 g/mol. The fraction of sp³-hybridized carbons (Fsp3) is 0.167. The minimum absolute atomic E-state index is 0.166. The number of amides is 1. The number of rotatable bonds is 11. The fourth-order valence-electron chi connectivity index (χ4n) is 3.78. The molecule has 0 heterocycles. The lowest BCUT2D eigenvalue weighted by atomic mass is 10.1. The second kappa shape index (κ2) is 12.3. The molecule has 4 aromatic rings. The Morgan fingerprint density at radius 3 is 2.00 bits per heavy atom. The number of sulfonamides is 1. The van der Waals surface area contributed by atoms with E-state index >= 15 is 0 Å². The Labute approximate surface area is 218 Å². The van der Waals surface area contributed by atoms with E-state index in [0.29, 0.717) is 24.5 Å². The maximum absolute atomic E-state index is 13.4. The third-order valence-electron chi connectivity index (χ3n) is 5.86. The molecule has 37 heavy (non-hydrogen) atoms. The van der Waals surface area contributed by atoms with Crippen LogP contribution < -0.4 is 10.1 Å². The van der Waals surface area contributed by atoms with Crippen LogP contribution in [0.4, 0.5) is 5.69 Å². The monoisotopic (exact) mass is 514 g/mol. The zero-order chi connectivity index (χ0) is 26.1. The molecule has 0 aromatic heterocycles. The molecule has 0 radical (unpaired) electrons. The molecule has 4 rings (SSSR count). The summed E-state index contributed by atoms with van der Waals surface area (Å²) in [6.07, 6.45) is 0.493. The molecule has 6 nitrogen and oxygen atoms in total. The van der Waals surface area contributed by atoms with Gasteiger partial charge in [-0.1, -0.05) is 78.4 Å². The van der Waals surface area contributed by atoms with Gasteiger partial charge < -0.3 is 10.1 Å². The van der Waals surface area contributed by atoms with Crippen LogP contribution in [0.1, 0.15) is 16.7 Å². The fourth-order valence-corrected chi connectivity index (χ4v) is 5.18. The molecule has 1 N–H and O–H groups in total.